The Bertz CT molecular complexity index is 1390. The van der Waals surface area contributed by atoms with E-state index >= 15 is 0 Å². The molecule has 0 aliphatic heterocycles. The molecule has 2 aromatic heterocycles. The predicted octanol–water partition coefficient (Wildman–Crippen LogP) is 4.55. The van der Waals surface area contributed by atoms with Gasteiger partial charge in [-0.2, -0.15) is 0 Å². The number of ether oxygens (including phenoxy) is 1. The van der Waals surface area contributed by atoms with E-state index < -0.39 is 0 Å². The minimum absolute atomic E-state index is 0.0360. The number of benzene rings is 2. The van der Waals surface area contributed by atoms with Crippen LogP contribution in [0.4, 0.5) is 0 Å². The summed E-state index contributed by atoms with van der Waals surface area (Å²) in [5.74, 6) is 1.97. The first kappa shape index (κ1) is 21.1. The largest absolute Gasteiger partial charge is 0.454 e. The van der Waals surface area contributed by atoms with E-state index in [0.717, 1.165) is 28.0 Å². The standard InChI is InChI=1S/C25H25N5O2/c1-15-11-17(14-30(4)25(15)31)20-9-10-21-23(29-16(2)28-21)24(20)32-22-8-6-5-7-19(22)18(12-26)13-27-3/h5-14,26-27H,1-4H3,(H,28,29)/b18-13+,26-12?. The lowest BCUT2D eigenvalue weighted by atomic mass is 10.0. The fourth-order valence-corrected chi connectivity index (χ4v) is 3.79. The number of H-pyrrole nitrogens is 1. The van der Waals surface area contributed by atoms with Gasteiger partial charge in [0, 0.05) is 60.5 Å². The minimum atomic E-state index is -0.0360. The number of hydrogen-bond donors (Lipinski definition) is 3. The minimum Gasteiger partial charge on any atom is -0.454 e. The third-order valence-corrected chi connectivity index (χ3v) is 5.27. The number of fused-ring (bicyclic) bond motifs is 1. The van der Waals surface area contributed by atoms with Crippen LogP contribution in [0.2, 0.25) is 0 Å². The lowest BCUT2D eigenvalue weighted by Gasteiger charge is -2.16. The van der Waals surface area contributed by atoms with Crippen LogP contribution in [-0.2, 0) is 7.05 Å². The molecule has 7 heteroatoms. The summed E-state index contributed by atoms with van der Waals surface area (Å²) in [4.78, 5) is 20.2. The summed E-state index contributed by atoms with van der Waals surface area (Å²) in [7, 11) is 3.53. The van der Waals surface area contributed by atoms with Crippen molar-refractivity contribution in [3.05, 3.63) is 82.2 Å². The Kier molecular flexibility index (Phi) is 5.64. The van der Waals surface area contributed by atoms with Gasteiger partial charge in [0.25, 0.3) is 5.56 Å². The molecule has 7 nitrogen and oxygen atoms in total. The molecule has 162 valence electrons. The van der Waals surface area contributed by atoms with Gasteiger partial charge in [-0.1, -0.05) is 18.2 Å². The molecule has 0 saturated heterocycles. The highest BCUT2D eigenvalue weighted by Crippen LogP contribution is 2.40. The lowest BCUT2D eigenvalue weighted by Crippen LogP contribution is -2.18. The van der Waals surface area contributed by atoms with Crippen LogP contribution in [-0.4, -0.2) is 27.8 Å². The van der Waals surface area contributed by atoms with Crippen LogP contribution >= 0.6 is 0 Å². The number of aryl methyl sites for hydroxylation is 3. The number of nitrogens with one attached hydrogen (secondary N) is 3. The van der Waals surface area contributed by atoms with E-state index in [1.807, 2.05) is 49.4 Å². The van der Waals surface area contributed by atoms with E-state index in [-0.39, 0.29) is 5.56 Å². The third-order valence-electron chi connectivity index (χ3n) is 5.27. The summed E-state index contributed by atoms with van der Waals surface area (Å²) in [6.07, 6.45) is 4.85. The summed E-state index contributed by atoms with van der Waals surface area (Å²) in [5.41, 5.74) is 5.33. The van der Waals surface area contributed by atoms with E-state index in [1.54, 1.807) is 38.0 Å². The van der Waals surface area contributed by atoms with Crippen molar-refractivity contribution in [1.29, 1.82) is 5.41 Å². The number of pyridine rings is 1. The molecule has 0 amide bonds. The van der Waals surface area contributed by atoms with Crippen LogP contribution in [0, 0.1) is 19.3 Å². The van der Waals surface area contributed by atoms with Crippen LogP contribution in [0.15, 0.2) is 59.7 Å². The molecular weight excluding hydrogens is 402 g/mol. The molecule has 0 spiro atoms. The first-order valence-corrected chi connectivity index (χ1v) is 10.2. The zero-order chi connectivity index (χ0) is 22.8. The number of allylic oxidation sites excluding steroid dienone is 1. The Morgan fingerprint density at radius 3 is 2.72 bits per heavy atom. The molecule has 32 heavy (non-hydrogen) atoms. The first-order valence-electron chi connectivity index (χ1n) is 10.2. The fourth-order valence-electron chi connectivity index (χ4n) is 3.79. The van der Waals surface area contributed by atoms with Crippen LogP contribution in [0.25, 0.3) is 27.7 Å². The summed E-state index contributed by atoms with van der Waals surface area (Å²) >= 11 is 0. The SMILES string of the molecule is CN/C=C(\C=N)c1ccccc1Oc1c(-c2cc(C)c(=O)n(C)c2)ccc2[nH]c(C)nc12. The molecule has 0 radical (unpaired) electrons. The maximum absolute atomic E-state index is 12.2. The maximum Gasteiger partial charge on any atom is 0.253 e. The second-order valence-electron chi connectivity index (χ2n) is 7.62. The van der Waals surface area contributed by atoms with Crippen molar-refractivity contribution in [3.8, 4) is 22.6 Å². The summed E-state index contributed by atoms with van der Waals surface area (Å²) in [6.45, 7) is 3.70. The van der Waals surface area contributed by atoms with E-state index in [0.29, 0.717) is 28.2 Å². The average Bonchev–Trinajstić information content (AvgIpc) is 3.17. The van der Waals surface area contributed by atoms with Crippen molar-refractivity contribution in [1.82, 2.24) is 19.9 Å². The number of hydrogen-bond acceptors (Lipinski definition) is 5. The molecule has 3 N–H and O–H groups in total. The summed E-state index contributed by atoms with van der Waals surface area (Å²) in [6, 6.07) is 13.4. The average molecular weight is 428 g/mol. The van der Waals surface area contributed by atoms with Gasteiger partial charge < -0.3 is 25.0 Å². The van der Waals surface area contributed by atoms with Crippen molar-refractivity contribution >= 4 is 22.8 Å². The molecule has 0 aliphatic rings. The van der Waals surface area contributed by atoms with Gasteiger partial charge in [-0.15, -0.1) is 0 Å². The Morgan fingerprint density at radius 1 is 1.22 bits per heavy atom. The van der Waals surface area contributed by atoms with Crippen molar-refractivity contribution in [2.75, 3.05) is 7.05 Å². The molecule has 0 saturated carbocycles. The Labute approximate surface area is 185 Å². The number of nitrogens with zero attached hydrogens (tertiary/aromatic N) is 2. The van der Waals surface area contributed by atoms with Gasteiger partial charge in [0.1, 0.15) is 17.1 Å². The highest BCUT2D eigenvalue weighted by atomic mass is 16.5. The molecule has 0 unspecified atom stereocenters. The molecule has 2 aromatic carbocycles. The van der Waals surface area contributed by atoms with Gasteiger partial charge in [-0.25, -0.2) is 4.98 Å². The monoisotopic (exact) mass is 427 g/mol. The van der Waals surface area contributed by atoms with E-state index in [4.69, 9.17) is 10.1 Å². The Balaban J connectivity index is 1.96. The number of imidazole rings is 1. The molecule has 4 rings (SSSR count). The van der Waals surface area contributed by atoms with Gasteiger partial charge in [0.2, 0.25) is 0 Å². The first-order chi connectivity index (χ1) is 15.4. The smallest absolute Gasteiger partial charge is 0.253 e. The maximum atomic E-state index is 12.2. The lowest BCUT2D eigenvalue weighted by molar-refractivity contribution is 0.487. The molecule has 0 aliphatic carbocycles. The van der Waals surface area contributed by atoms with Gasteiger partial charge in [0.05, 0.1) is 5.52 Å². The fraction of sp³-hybridized carbons (Fsp3) is 0.160. The van der Waals surface area contributed by atoms with Gasteiger partial charge in [0.15, 0.2) is 5.75 Å². The zero-order valence-corrected chi connectivity index (χ0v) is 18.5. The van der Waals surface area contributed by atoms with E-state index in [2.05, 4.69) is 15.3 Å². The van der Waals surface area contributed by atoms with E-state index in [1.165, 1.54) is 6.21 Å². The number of para-hydroxylation sites is 1. The summed E-state index contributed by atoms with van der Waals surface area (Å²) in [5, 5.41) is 10.8. The van der Waals surface area contributed by atoms with Gasteiger partial charge in [-0.3, -0.25) is 4.79 Å². The molecular formula is C25H25N5O2. The highest BCUT2D eigenvalue weighted by Gasteiger charge is 2.18. The molecule has 2 heterocycles. The topological polar surface area (TPSA) is 95.8 Å². The molecule has 0 atom stereocenters. The Hall–Kier alpha value is -4.13. The summed E-state index contributed by atoms with van der Waals surface area (Å²) < 4.78 is 8.09. The predicted molar refractivity (Wildman–Crippen MR) is 129 cm³/mol. The normalized spacial score (nSPS) is 11.6. The van der Waals surface area contributed by atoms with Gasteiger partial charge in [-0.05, 0) is 38.1 Å². The van der Waals surface area contributed by atoms with Crippen LogP contribution in [0.5, 0.6) is 11.5 Å². The number of rotatable bonds is 6. The van der Waals surface area contributed by atoms with E-state index in [9.17, 15) is 4.79 Å². The molecule has 0 bridgehead atoms. The van der Waals surface area contributed by atoms with Crippen molar-refractivity contribution in [2.24, 2.45) is 7.05 Å². The zero-order valence-electron chi connectivity index (χ0n) is 18.5. The van der Waals surface area contributed by atoms with Crippen LogP contribution in [0.3, 0.4) is 0 Å². The van der Waals surface area contributed by atoms with Crippen molar-refractivity contribution in [2.45, 2.75) is 13.8 Å². The molecule has 4 aromatic rings. The highest BCUT2D eigenvalue weighted by molar-refractivity contribution is 6.09. The number of aromatic amines is 1. The van der Waals surface area contributed by atoms with Crippen LogP contribution < -0.4 is 15.6 Å². The Morgan fingerprint density at radius 2 is 2.00 bits per heavy atom. The second-order valence-corrected chi connectivity index (χ2v) is 7.62. The second kappa shape index (κ2) is 8.55. The van der Waals surface area contributed by atoms with Crippen molar-refractivity contribution in [3.63, 3.8) is 0 Å². The van der Waals surface area contributed by atoms with Gasteiger partial charge >= 0.3 is 0 Å². The van der Waals surface area contributed by atoms with Crippen molar-refractivity contribution < 1.29 is 4.74 Å². The third kappa shape index (κ3) is 3.80. The quantitative estimate of drug-likeness (QED) is 0.394. The molecule has 0 fully saturated rings. The number of aromatic nitrogens is 3. The van der Waals surface area contributed by atoms with Crippen LogP contribution in [0.1, 0.15) is 17.0 Å².